The van der Waals surface area contributed by atoms with E-state index in [2.05, 4.69) is 15.2 Å². The van der Waals surface area contributed by atoms with Crippen LogP contribution in [0.2, 0.25) is 4.34 Å². The van der Waals surface area contributed by atoms with Crippen molar-refractivity contribution < 1.29 is 14.3 Å². The number of anilines is 3. The number of aromatic nitrogens is 1. The molecule has 0 unspecified atom stereocenters. The second kappa shape index (κ2) is 11.4. The largest absolute Gasteiger partial charge is 0.449 e. The summed E-state index contributed by atoms with van der Waals surface area (Å²) in [6.07, 6.45) is 4.79. The van der Waals surface area contributed by atoms with Crippen molar-refractivity contribution in [3.63, 3.8) is 0 Å². The lowest BCUT2D eigenvalue weighted by atomic mass is 9.97. The Morgan fingerprint density at radius 2 is 1.88 bits per heavy atom. The Morgan fingerprint density at radius 1 is 1.15 bits per heavy atom. The van der Waals surface area contributed by atoms with Crippen LogP contribution in [0.15, 0.2) is 54.9 Å². The number of nitrogens with zero attached hydrogens (tertiary/aromatic N) is 2. The Labute approximate surface area is 207 Å². The maximum atomic E-state index is 12.9. The van der Waals surface area contributed by atoms with Gasteiger partial charge in [-0.3, -0.25) is 15.1 Å². The van der Waals surface area contributed by atoms with Crippen LogP contribution in [0.3, 0.4) is 0 Å². The number of nitrogens with one attached hydrogen (secondary N) is 1. The fourth-order valence-corrected chi connectivity index (χ4v) is 4.71. The van der Waals surface area contributed by atoms with Crippen LogP contribution in [0.25, 0.3) is 0 Å². The van der Waals surface area contributed by atoms with Gasteiger partial charge in [-0.15, -0.1) is 23.7 Å². The van der Waals surface area contributed by atoms with Gasteiger partial charge in [-0.25, -0.2) is 4.79 Å². The summed E-state index contributed by atoms with van der Waals surface area (Å²) in [6, 6.07) is 12.2. The molecule has 33 heavy (non-hydrogen) atoms. The Balaban J connectivity index is 0.00000306. The van der Waals surface area contributed by atoms with E-state index in [1.165, 1.54) is 11.3 Å². The minimum absolute atomic E-state index is 0. The van der Waals surface area contributed by atoms with Gasteiger partial charge in [0.1, 0.15) is 0 Å². The molecule has 1 aliphatic heterocycles. The Kier molecular flexibility index (Phi) is 8.55. The molecule has 1 fully saturated rings. The van der Waals surface area contributed by atoms with E-state index in [0.29, 0.717) is 27.1 Å². The van der Waals surface area contributed by atoms with Gasteiger partial charge < -0.3 is 15.4 Å². The van der Waals surface area contributed by atoms with E-state index >= 15 is 0 Å². The van der Waals surface area contributed by atoms with Crippen LogP contribution in [-0.4, -0.2) is 36.6 Å². The second-order valence-electron chi connectivity index (χ2n) is 7.56. The highest BCUT2D eigenvalue weighted by Crippen LogP contribution is 2.30. The van der Waals surface area contributed by atoms with Gasteiger partial charge in [0.25, 0.3) is 0 Å². The van der Waals surface area contributed by atoms with Gasteiger partial charge in [0, 0.05) is 36.7 Å². The van der Waals surface area contributed by atoms with E-state index in [9.17, 15) is 9.59 Å². The number of nitrogens with two attached hydrogens (primary N) is 1. The molecule has 0 bridgehead atoms. The molecule has 10 heteroatoms. The average molecular weight is 507 g/mol. The molecule has 2 aromatic heterocycles. The molecule has 1 aromatic carbocycles. The zero-order chi connectivity index (χ0) is 22.5. The molecule has 3 heterocycles. The summed E-state index contributed by atoms with van der Waals surface area (Å²) in [6.45, 7) is 2.10. The number of ether oxygens (including phenoxy) is 1. The zero-order valence-electron chi connectivity index (χ0n) is 17.7. The molecule has 3 N–H and O–H groups in total. The highest BCUT2D eigenvalue weighted by molar-refractivity contribution is 7.18. The van der Waals surface area contributed by atoms with Gasteiger partial charge in [-0.05, 0) is 55.2 Å². The molecule has 174 valence electrons. The minimum Gasteiger partial charge on any atom is -0.449 e. The van der Waals surface area contributed by atoms with Crippen LogP contribution in [0.1, 0.15) is 28.1 Å². The van der Waals surface area contributed by atoms with Crippen molar-refractivity contribution in [1.29, 1.82) is 0 Å². The number of halogens is 2. The topological polar surface area (TPSA) is 97.5 Å². The summed E-state index contributed by atoms with van der Waals surface area (Å²) in [5, 5.41) is 2.66. The number of carbonyl (C=O) groups excluding carboxylic acids is 2. The van der Waals surface area contributed by atoms with Gasteiger partial charge in [0.2, 0.25) is 5.78 Å². The highest BCUT2D eigenvalue weighted by Gasteiger charge is 2.22. The Morgan fingerprint density at radius 3 is 2.55 bits per heavy atom. The molecule has 7 nitrogen and oxygen atoms in total. The van der Waals surface area contributed by atoms with Crippen LogP contribution in [0.4, 0.5) is 21.9 Å². The molecule has 1 saturated heterocycles. The maximum Gasteiger partial charge on any atom is 0.411 e. The number of nitrogen functional groups attached to an aromatic ring is 1. The average Bonchev–Trinajstić information content (AvgIpc) is 3.26. The lowest BCUT2D eigenvalue weighted by molar-refractivity contribution is 0.104. The number of ketones is 1. The number of amides is 1. The number of piperidine rings is 1. The van der Waals surface area contributed by atoms with E-state index in [-0.39, 0.29) is 29.8 Å². The van der Waals surface area contributed by atoms with E-state index in [4.69, 9.17) is 22.1 Å². The molecular weight excluding hydrogens is 483 g/mol. The summed E-state index contributed by atoms with van der Waals surface area (Å²) >= 11 is 7.13. The van der Waals surface area contributed by atoms with Crippen molar-refractivity contribution in [3.05, 3.63) is 69.6 Å². The van der Waals surface area contributed by atoms with Gasteiger partial charge in [0.15, 0.2) is 0 Å². The van der Waals surface area contributed by atoms with Crippen molar-refractivity contribution in [3.8, 4) is 0 Å². The number of thiophene rings is 1. The van der Waals surface area contributed by atoms with Crippen molar-refractivity contribution >= 4 is 64.3 Å². The highest BCUT2D eigenvalue weighted by atomic mass is 35.5. The second-order valence-corrected chi connectivity index (χ2v) is 9.28. The summed E-state index contributed by atoms with van der Waals surface area (Å²) in [5.41, 5.74) is 8.04. The number of rotatable bonds is 6. The monoisotopic (exact) mass is 506 g/mol. The first-order valence-electron chi connectivity index (χ1n) is 10.3. The molecule has 3 aromatic rings. The van der Waals surface area contributed by atoms with Gasteiger partial charge in [-0.2, -0.15) is 0 Å². The normalized spacial score (nSPS) is 13.8. The predicted octanol–water partition coefficient (Wildman–Crippen LogP) is 5.50. The number of hydrogen-bond donors (Lipinski definition) is 2. The summed E-state index contributed by atoms with van der Waals surface area (Å²) in [7, 11) is 0. The van der Waals surface area contributed by atoms with Crippen LogP contribution in [0.5, 0.6) is 0 Å². The molecule has 0 aliphatic carbocycles. The Hall–Kier alpha value is -2.81. The van der Waals surface area contributed by atoms with E-state index < -0.39 is 6.09 Å². The standard InChI is InChI=1S/C23H23ClN4O3S.ClH/c24-20-5-4-19(32-20)22(29)17-2-1-3-18(25)21(17)27-23(30)31-14-15-8-12-28(13-9-15)16-6-10-26-11-7-16;/h1-7,10-11,15H,8-9,12-14,25H2,(H,27,30);1H. The molecular formula is C23H24Cl2N4O3S. The number of carbonyl (C=O) groups is 2. The molecule has 0 radical (unpaired) electrons. The minimum atomic E-state index is -0.627. The molecule has 1 amide bonds. The lowest BCUT2D eigenvalue weighted by Gasteiger charge is -2.33. The van der Waals surface area contributed by atoms with Crippen molar-refractivity contribution in [2.45, 2.75) is 12.8 Å². The first-order valence-corrected chi connectivity index (χ1v) is 11.5. The lowest BCUT2D eigenvalue weighted by Crippen LogP contribution is -2.35. The van der Waals surface area contributed by atoms with Crippen LogP contribution in [0, 0.1) is 5.92 Å². The smallest absolute Gasteiger partial charge is 0.411 e. The molecule has 0 spiro atoms. The number of para-hydroxylation sites is 1. The number of pyridine rings is 1. The van der Waals surface area contributed by atoms with Gasteiger partial charge >= 0.3 is 6.09 Å². The van der Waals surface area contributed by atoms with Crippen molar-refractivity contribution in [1.82, 2.24) is 4.98 Å². The third kappa shape index (κ3) is 6.16. The SMILES string of the molecule is Cl.Nc1cccc(C(=O)c2ccc(Cl)s2)c1NC(=O)OCC1CCN(c2ccncc2)CC1. The number of hydrogen-bond acceptors (Lipinski definition) is 7. The predicted molar refractivity (Wildman–Crippen MR) is 135 cm³/mol. The quantitative estimate of drug-likeness (QED) is 0.338. The Bertz CT molecular complexity index is 1100. The van der Waals surface area contributed by atoms with E-state index in [0.717, 1.165) is 31.6 Å². The van der Waals surface area contributed by atoms with Crippen LogP contribution < -0.4 is 16.0 Å². The summed E-state index contributed by atoms with van der Waals surface area (Å²) in [4.78, 5) is 32.2. The fraction of sp³-hybridized carbons (Fsp3) is 0.261. The molecule has 0 atom stereocenters. The third-order valence-electron chi connectivity index (χ3n) is 5.46. The van der Waals surface area contributed by atoms with E-state index in [1.54, 1.807) is 42.7 Å². The zero-order valence-corrected chi connectivity index (χ0v) is 20.1. The van der Waals surface area contributed by atoms with Crippen molar-refractivity contribution in [2.24, 2.45) is 5.92 Å². The summed E-state index contributed by atoms with van der Waals surface area (Å²) < 4.78 is 5.98. The first-order chi connectivity index (χ1) is 15.5. The summed E-state index contributed by atoms with van der Waals surface area (Å²) in [5.74, 6) is 0.0225. The molecule has 4 rings (SSSR count). The van der Waals surface area contributed by atoms with Crippen LogP contribution >= 0.6 is 35.3 Å². The number of benzene rings is 1. The van der Waals surface area contributed by atoms with Gasteiger partial charge in [-0.1, -0.05) is 17.7 Å². The third-order valence-corrected chi connectivity index (χ3v) is 6.69. The maximum absolute atomic E-state index is 12.9. The van der Waals surface area contributed by atoms with Gasteiger partial charge in [0.05, 0.1) is 27.2 Å². The van der Waals surface area contributed by atoms with Crippen molar-refractivity contribution in [2.75, 3.05) is 35.6 Å². The van der Waals surface area contributed by atoms with Crippen LogP contribution in [-0.2, 0) is 4.74 Å². The van der Waals surface area contributed by atoms with E-state index in [1.807, 2.05) is 12.1 Å². The molecule has 0 saturated carbocycles. The fourth-order valence-electron chi connectivity index (χ4n) is 3.71. The first kappa shape index (κ1) is 24.8. The molecule has 1 aliphatic rings.